The lowest BCUT2D eigenvalue weighted by Gasteiger charge is -2.40. The van der Waals surface area contributed by atoms with Crippen molar-refractivity contribution < 1.29 is 23.5 Å². The number of carbonyl (C=O) groups excluding carboxylic acids is 1. The van der Waals surface area contributed by atoms with Crippen LogP contribution in [0.5, 0.6) is 0 Å². The Hall–Kier alpha value is -2.58. The van der Waals surface area contributed by atoms with Crippen LogP contribution in [-0.2, 0) is 24.8 Å². The maximum Gasteiger partial charge on any atom is 0.330 e. The molecule has 0 bridgehead atoms. The molecule has 0 radical (unpaired) electrons. The molecule has 0 unspecified atom stereocenters. The first kappa shape index (κ1) is 27.0. The number of fused-ring (bicyclic) bond motifs is 2. The fraction of sp³-hybridized carbons (Fsp3) is 0.571. The van der Waals surface area contributed by atoms with Crippen molar-refractivity contribution in [3.05, 3.63) is 35.7 Å². The second kappa shape index (κ2) is 10.6. The molecule has 7 heteroatoms. The van der Waals surface area contributed by atoms with E-state index in [1.807, 2.05) is 13.0 Å². The molecule has 0 N–H and O–H groups in total. The summed E-state index contributed by atoms with van der Waals surface area (Å²) in [6.07, 6.45) is 6.94. The number of methoxy groups -OCH3 is 1. The maximum absolute atomic E-state index is 12.2. The number of allylic oxidation sites excluding steroid dienone is 3. The Labute approximate surface area is 210 Å². The van der Waals surface area contributed by atoms with E-state index in [2.05, 4.69) is 70.0 Å². The van der Waals surface area contributed by atoms with Crippen molar-refractivity contribution in [1.82, 2.24) is 5.16 Å². The van der Waals surface area contributed by atoms with E-state index in [0.717, 1.165) is 0 Å². The Morgan fingerprint density at radius 1 is 1.09 bits per heavy atom. The Morgan fingerprint density at radius 2 is 1.69 bits per heavy atom. The van der Waals surface area contributed by atoms with Crippen LogP contribution in [-0.4, -0.2) is 39.5 Å². The normalized spacial score (nSPS) is 22.4. The highest BCUT2D eigenvalue weighted by molar-refractivity contribution is 6.90. The first-order valence-corrected chi connectivity index (χ1v) is 14.5. The molecule has 2 heterocycles. The van der Waals surface area contributed by atoms with E-state index < -0.39 is 25.2 Å². The molecule has 35 heavy (non-hydrogen) atoms. The smallest absolute Gasteiger partial charge is 0.330 e. The van der Waals surface area contributed by atoms with Gasteiger partial charge in [0.05, 0.1) is 25.7 Å². The van der Waals surface area contributed by atoms with E-state index in [9.17, 15) is 4.79 Å². The van der Waals surface area contributed by atoms with E-state index in [1.54, 1.807) is 6.08 Å². The van der Waals surface area contributed by atoms with E-state index >= 15 is 0 Å². The Balaban J connectivity index is 1.97. The van der Waals surface area contributed by atoms with Crippen molar-refractivity contribution in [2.45, 2.75) is 77.3 Å². The van der Waals surface area contributed by atoms with E-state index in [0.29, 0.717) is 53.1 Å². The van der Waals surface area contributed by atoms with Crippen LogP contribution in [0.4, 0.5) is 0 Å². The molecule has 2 aliphatic rings. The molecule has 1 saturated heterocycles. The van der Waals surface area contributed by atoms with Crippen molar-refractivity contribution in [1.29, 1.82) is 0 Å². The first-order valence-electron chi connectivity index (χ1n) is 12.3. The number of aromatic nitrogens is 1. The molecule has 1 atom stereocenters. The first-order chi connectivity index (χ1) is 16.5. The Morgan fingerprint density at radius 3 is 2.26 bits per heavy atom. The quantitative estimate of drug-likeness (QED) is 0.234. The predicted octanol–water partition coefficient (Wildman–Crippen LogP) is 5.62. The second-order valence-corrected chi connectivity index (χ2v) is 16.0. The zero-order chi connectivity index (χ0) is 25.9. The topological polar surface area (TPSA) is 70.8 Å². The molecule has 188 valence electrons. The number of nitrogens with zero attached hydrogens (tertiary/aromatic N) is 1. The zero-order valence-corrected chi connectivity index (χ0v) is 23.2. The molecule has 1 aliphatic carbocycles. The van der Waals surface area contributed by atoms with Crippen molar-refractivity contribution in [3.8, 4) is 23.3 Å². The summed E-state index contributed by atoms with van der Waals surface area (Å²) in [6, 6.07) is 0. The number of rotatable bonds is 4. The van der Waals surface area contributed by atoms with Gasteiger partial charge in [0.25, 0.3) is 0 Å². The number of hydrogen-bond donors (Lipinski definition) is 0. The second-order valence-electron chi connectivity index (χ2n) is 10.4. The summed E-state index contributed by atoms with van der Waals surface area (Å²) >= 11 is 0. The summed E-state index contributed by atoms with van der Waals surface area (Å²) in [6.45, 7) is 16.7. The highest BCUT2D eigenvalue weighted by atomic mass is 28.3. The van der Waals surface area contributed by atoms with Crippen LogP contribution < -0.4 is 0 Å². The summed E-state index contributed by atoms with van der Waals surface area (Å²) < 4.78 is 22.2. The number of ether oxygens (including phenoxy) is 3. The number of esters is 1. The van der Waals surface area contributed by atoms with Gasteiger partial charge in [-0.15, -0.1) is 5.54 Å². The van der Waals surface area contributed by atoms with Crippen molar-refractivity contribution in [2.75, 3.05) is 20.3 Å². The van der Waals surface area contributed by atoms with Crippen molar-refractivity contribution in [3.63, 3.8) is 0 Å². The minimum absolute atomic E-state index is 0.374. The minimum atomic E-state index is -1.79. The van der Waals surface area contributed by atoms with Gasteiger partial charge in [-0.25, -0.2) is 4.79 Å². The van der Waals surface area contributed by atoms with E-state index in [4.69, 9.17) is 18.7 Å². The van der Waals surface area contributed by atoms with Gasteiger partial charge in [0.2, 0.25) is 5.79 Å². The Bertz CT molecular complexity index is 1090. The molecule has 1 aliphatic heterocycles. The third-order valence-electron chi connectivity index (χ3n) is 7.37. The van der Waals surface area contributed by atoms with Crippen LogP contribution in [0.15, 0.2) is 29.0 Å². The standard InChI is InChI=1S/C28H37NO5Si/c1-20(2)35(21(3)4,22(5)6)16-12-10-9-11-13-27(7)19-28(32-14-15-33-28)26-23(18-34-29-26)24(27)17-25(30)31-8/h9-10,17-18,20-22H,14-15,19H2,1-8H3/b10-9-,24-17+/t27-/m1/s1. The molecule has 1 fully saturated rings. The van der Waals surface area contributed by atoms with Crippen LogP contribution in [0.25, 0.3) is 5.57 Å². The number of carbonyl (C=O) groups is 1. The average molecular weight is 496 g/mol. The third kappa shape index (κ3) is 5.04. The largest absolute Gasteiger partial charge is 0.466 e. The van der Waals surface area contributed by atoms with E-state index in [-0.39, 0.29) is 0 Å². The molecule has 1 spiro atoms. The molecular weight excluding hydrogens is 458 g/mol. The maximum atomic E-state index is 12.2. The van der Waals surface area contributed by atoms with Gasteiger partial charge in [0.15, 0.2) is 5.69 Å². The molecular formula is C28H37NO5Si. The van der Waals surface area contributed by atoms with Crippen LogP contribution >= 0.6 is 0 Å². The molecule has 3 rings (SSSR count). The Kier molecular flexibility index (Phi) is 8.16. The summed E-state index contributed by atoms with van der Waals surface area (Å²) in [4.78, 5) is 12.2. The molecule has 6 nitrogen and oxygen atoms in total. The lowest BCUT2D eigenvalue weighted by molar-refractivity contribution is -0.186. The predicted molar refractivity (Wildman–Crippen MR) is 139 cm³/mol. The van der Waals surface area contributed by atoms with Gasteiger partial charge in [-0.1, -0.05) is 64.5 Å². The fourth-order valence-corrected chi connectivity index (χ4v) is 10.9. The van der Waals surface area contributed by atoms with Crippen molar-refractivity contribution in [2.24, 2.45) is 5.41 Å². The monoisotopic (exact) mass is 495 g/mol. The van der Waals surface area contributed by atoms with E-state index in [1.165, 1.54) is 19.4 Å². The average Bonchev–Trinajstić information content (AvgIpc) is 3.46. The van der Waals surface area contributed by atoms with Gasteiger partial charge < -0.3 is 18.7 Å². The lowest BCUT2D eigenvalue weighted by atomic mass is 9.68. The third-order valence-corrected chi connectivity index (χ3v) is 13.7. The van der Waals surface area contributed by atoms with Crippen LogP contribution in [0, 0.1) is 28.7 Å². The molecule has 1 aromatic heterocycles. The van der Waals surface area contributed by atoms with Crippen LogP contribution in [0.1, 0.15) is 66.1 Å². The van der Waals surface area contributed by atoms with Gasteiger partial charge in [-0.2, -0.15) is 0 Å². The summed E-state index contributed by atoms with van der Waals surface area (Å²) in [5.41, 5.74) is 6.47. The highest BCUT2D eigenvalue weighted by Gasteiger charge is 2.54. The molecule has 1 aromatic rings. The lowest BCUT2D eigenvalue weighted by Crippen LogP contribution is -2.43. The zero-order valence-electron chi connectivity index (χ0n) is 22.2. The van der Waals surface area contributed by atoms with Gasteiger partial charge in [-0.3, -0.25) is 0 Å². The van der Waals surface area contributed by atoms with Gasteiger partial charge >= 0.3 is 5.97 Å². The highest BCUT2D eigenvalue weighted by Crippen LogP contribution is 2.54. The fourth-order valence-electron chi connectivity index (χ4n) is 5.75. The summed E-state index contributed by atoms with van der Waals surface area (Å²) in [5, 5.41) is 4.13. The SMILES string of the molecule is COC(=O)/C=C1\c2conc2C2(C[C@@]1(C)C#C/C=C\C#C[Si](C(C)C)(C(C)C)C(C)C)OCCO2. The molecule has 0 saturated carbocycles. The van der Waals surface area contributed by atoms with Crippen LogP contribution in [0.2, 0.25) is 16.6 Å². The number of hydrogen-bond acceptors (Lipinski definition) is 6. The van der Waals surface area contributed by atoms with Crippen LogP contribution in [0.3, 0.4) is 0 Å². The van der Waals surface area contributed by atoms with Gasteiger partial charge in [-0.05, 0) is 41.3 Å². The van der Waals surface area contributed by atoms with Gasteiger partial charge in [0, 0.05) is 18.1 Å². The van der Waals surface area contributed by atoms with Gasteiger partial charge in [0.1, 0.15) is 14.3 Å². The molecule has 0 aromatic carbocycles. The summed E-state index contributed by atoms with van der Waals surface area (Å²) in [5.74, 6) is 8.26. The minimum Gasteiger partial charge on any atom is -0.466 e. The summed E-state index contributed by atoms with van der Waals surface area (Å²) in [7, 11) is -0.446. The molecule has 0 amide bonds. The van der Waals surface area contributed by atoms with Crippen molar-refractivity contribution >= 4 is 19.6 Å².